The molecule has 0 bridgehead atoms. The Bertz CT molecular complexity index is 554. The number of rotatable bonds is 4. The highest BCUT2D eigenvalue weighted by Crippen LogP contribution is 2.30. The molecule has 2 aromatic rings. The number of ether oxygens (including phenoxy) is 1. The first-order chi connectivity index (χ1) is 9.13. The van der Waals surface area contributed by atoms with Crippen LogP contribution in [0.2, 0.25) is 0 Å². The fraction of sp³-hybridized carbons (Fsp3) is 0.200. The van der Waals surface area contributed by atoms with Crippen LogP contribution in [0.1, 0.15) is 24.1 Å². The van der Waals surface area contributed by atoms with Crippen molar-refractivity contribution in [3.8, 4) is 5.75 Å². The third-order valence-electron chi connectivity index (χ3n) is 2.84. The smallest absolute Gasteiger partial charge is 0.129 e. The predicted octanol–water partition coefficient (Wildman–Crippen LogP) is 4.04. The van der Waals surface area contributed by atoms with Gasteiger partial charge in [0.15, 0.2) is 0 Å². The molecule has 1 unspecified atom stereocenters. The van der Waals surface area contributed by atoms with E-state index in [-0.39, 0.29) is 5.82 Å². The van der Waals surface area contributed by atoms with Crippen LogP contribution in [0.3, 0.4) is 0 Å². The first-order valence-electron chi connectivity index (χ1n) is 6.05. The Hall–Kier alpha value is -1.39. The molecule has 0 spiro atoms. The molecule has 0 aliphatic carbocycles. The van der Waals surface area contributed by atoms with Gasteiger partial charge in [0.2, 0.25) is 0 Å². The number of benzene rings is 2. The summed E-state index contributed by atoms with van der Waals surface area (Å²) in [6.45, 7) is 2.50. The van der Waals surface area contributed by atoms with Crippen molar-refractivity contribution in [2.45, 2.75) is 13.0 Å². The van der Waals surface area contributed by atoms with E-state index in [2.05, 4.69) is 15.9 Å². The van der Waals surface area contributed by atoms with Crippen LogP contribution >= 0.6 is 15.9 Å². The molecule has 1 atom stereocenters. The first kappa shape index (κ1) is 14.0. The highest BCUT2D eigenvalue weighted by atomic mass is 79.9. The number of hydrogen-bond donors (Lipinski definition) is 1. The molecule has 2 N–H and O–H groups in total. The van der Waals surface area contributed by atoms with E-state index < -0.39 is 6.04 Å². The zero-order chi connectivity index (χ0) is 13.8. The Morgan fingerprint density at radius 2 is 2.00 bits per heavy atom. The van der Waals surface area contributed by atoms with E-state index in [1.165, 1.54) is 6.07 Å². The predicted molar refractivity (Wildman–Crippen MR) is 77.7 cm³/mol. The van der Waals surface area contributed by atoms with Gasteiger partial charge in [-0.15, -0.1) is 0 Å². The highest BCUT2D eigenvalue weighted by molar-refractivity contribution is 9.10. The van der Waals surface area contributed by atoms with Gasteiger partial charge in [0.25, 0.3) is 0 Å². The molecule has 4 heteroatoms. The second-order valence-electron chi connectivity index (χ2n) is 4.12. The van der Waals surface area contributed by atoms with E-state index in [9.17, 15) is 4.39 Å². The molecule has 2 nitrogen and oxygen atoms in total. The van der Waals surface area contributed by atoms with Crippen LogP contribution < -0.4 is 10.5 Å². The molecule has 0 saturated heterocycles. The van der Waals surface area contributed by atoms with E-state index >= 15 is 0 Å². The third-order valence-corrected chi connectivity index (χ3v) is 3.53. The van der Waals surface area contributed by atoms with Gasteiger partial charge in [-0.1, -0.05) is 34.1 Å². The maximum Gasteiger partial charge on any atom is 0.129 e. The van der Waals surface area contributed by atoms with Crippen molar-refractivity contribution < 1.29 is 9.13 Å². The second-order valence-corrected chi connectivity index (χ2v) is 4.97. The summed E-state index contributed by atoms with van der Waals surface area (Å²) in [7, 11) is 0. The van der Waals surface area contributed by atoms with E-state index in [4.69, 9.17) is 10.5 Å². The summed E-state index contributed by atoms with van der Waals surface area (Å²) in [4.78, 5) is 0. The molecule has 2 rings (SSSR count). The Morgan fingerprint density at radius 3 is 2.68 bits per heavy atom. The Morgan fingerprint density at radius 1 is 1.26 bits per heavy atom. The molecule has 0 heterocycles. The second kappa shape index (κ2) is 6.17. The van der Waals surface area contributed by atoms with Gasteiger partial charge in [0.05, 0.1) is 12.6 Å². The largest absolute Gasteiger partial charge is 0.494 e. The lowest BCUT2D eigenvalue weighted by atomic mass is 9.99. The Labute approximate surface area is 120 Å². The van der Waals surface area contributed by atoms with E-state index in [0.717, 1.165) is 11.3 Å². The Kier molecular flexibility index (Phi) is 4.56. The molecular weight excluding hydrogens is 309 g/mol. The molecule has 2 aromatic carbocycles. The summed E-state index contributed by atoms with van der Waals surface area (Å²) >= 11 is 3.34. The maximum atomic E-state index is 13.9. The van der Waals surface area contributed by atoms with Gasteiger partial charge < -0.3 is 10.5 Å². The normalized spacial score (nSPS) is 12.2. The zero-order valence-electron chi connectivity index (χ0n) is 10.6. The molecular formula is C15H15BrFNO. The van der Waals surface area contributed by atoms with Crippen LogP contribution in [0.15, 0.2) is 46.9 Å². The standard InChI is InChI=1S/C15H15BrFNO/c1-2-19-11-6-3-5-10(9-11)15(18)14-12(16)7-4-8-13(14)17/h3-9,15H,2,18H2,1H3. The summed E-state index contributed by atoms with van der Waals surface area (Å²) in [5.74, 6) is 0.423. The summed E-state index contributed by atoms with van der Waals surface area (Å²) in [6.07, 6.45) is 0. The van der Waals surface area contributed by atoms with Crippen LogP contribution in [-0.2, 0) is 0 Å². The number of nitrogens with two attached hydrogens (primary N) is 1. The van der Waals surface area contributed by atoms with Crippen molar-refractivity contribution >= 4 is 15.9 Å². The molecule has 100 valence electrons. The minimum Gasteiger partial charge on any atom is -0.494 e. The lowest BCUT2D eigenvalue weighted by molar-refractivity contribution is 0.340. The zero-order valence-corrected chi connectivity index (χ0v) is 12.2. The molecule has 0 saturated carbocycles. The molecule has 0 aromatic heterocycles. The van der Waals surface area contributed by atoms with Gasteiger partial charge in [-0.25, -0.2) is 4.39 Å². The number of hydrogen-bond acceptors (Lipinski definition) is 2. The van der Waals surface area contributed by atoms with Crippen LogP contribution in [0.4, 0.5) is 4.39 Å². The van der Waals surface area contributed by atoms with E-state index in [1.807, 2.05) is 31.2 Å². The summed E-state index contributed by atoms with van der Waals surface area (Å²) < 4.78 is 20.0. The monoisotopic (exact) mass is 323 g/mol. The molecule has 0 fully saturated rings. The van der Waals surface area contributed by atoms with Crippen molar-refractivity contribution in [3.63, 3.8) is 0 Å². The van der Waals surface area contributed by atoms with Gasteiger partial charge in [-0.3, -0.25) is 0 Å². The van der Waals surface area contributed by atoms with Crippen LogP contribution in [-0.4, -0.2) is 6.61 Å². The molecule has 0 aliphatic rings. The van der Waals surface area contributed by atoms with Crippen molar-refractivity contribution in [2.75, 3.05) is 6.61 Å². The third kappa shape index (κ3) is 3.14. The quantitative estimate of drug-likeness (QED) is 0.921. The lowest BCUT2D eigenvalue weighted by Crippen LogP contribution is -2.14. The summed E-state index contributed by atoms with van der Waals surface area (Å²) in [5.41, 5.74) is 7.43. The van der Waals surface area contributed by atoms with Crippen LogP contribution in [0, 0.1) is 5.82 Å². The Balaban J connectivity index is 2.38. The highest BCUT2D eigenvalue weighted by Gasteiger charge is 2.17. The molecule has 0 radical (unpaired) electrons. The van der Waals surface area contributed by atoms with Crippen molar-refractivity contribution in [3.05, 3.63) is 63.9 Å². The van der Waals surface area contributed by atoms with Gasteiger partial charge in [0.1, 0.15) is 11.6 Å². The van der Waals surface area contributed by atoms with Crippen molar-refractivity contribution in [2.24, 2.45) is 5.73 Å². The summed E-state index contributed by atoms with van der Waals surface area (Å²) in [5, 5.41) is 0. The van der Waals surface area contributed by atoms with Crippen LogP contribution in [0.25, 0.3) is 0 Å². The minimum atomic E-state index is -0.531. The van der Waals surface area contributed by atoms with Gasteiger partial charge in [0, 0.05) is 10.0 Å². The fourth-order valence-electron chi connectivity index (χ4n) is 1.94. The van der Waals surface area contributed by atoms with E-state index in [1.54, 1.807) is 12.1 Å². The topological polar surface area (TPSA) is 35.2 Å². The van der Waals surface area contributed by atoms with Gasteiger partial charge in [-0.2, -0.15) is 0 Å². The maximum absolute atomic E-state index is 13.9. The van der Waals surface area contributed by atoms with Crippen molar-refractivity contribution in [1.82, 2.24) is 0 Å². The lowest BCUT2D eigenvalue weighted by Gasteiger charge is -2.16. The summed E-state index contributed by atoms with van der Waals surface area (Å²) in [6, 6.07) is 11.7. The first-order valence-corrected chi connectivity index (χ1v) is 6.85. The van der Waals surface area contributed by atoms with Crippen molar-refractivity contribution in [1.29, 1.82) is 0 Å². The van der Waals surface area contributed by atoms with Gasteiger partial charge >= 0.3 is 0 Å². The van der Waals surface area contributed by atoms with E-state index in [0.29, 0.717) is 16.6 Å². The molecule has 19 heavy (non-hydrogen) atoms. The minimum absolute atomic E-state index is 0.316. The molecule has 0 aliphatic heterocycles. The number of halogens is 2. The van der Waals surface area contributed by atoms with Gasteiger partial charge in [-0.05, 0) is 36.8 Å². The van der Waals surface area contributed by atoms with Crippen LogP contribution in [0.5, 0.6) is 5.75 Å². The SMILES string of the molecule is CCOc1cccc(C(N)c2c(F)cccc2Br)c1. The average molecular weight is 324 g/mol. The average Bonchev–Trinajstić information content (AvgIpc) is 2.39. The fourth-order valence-corrected chi connectivity index (χ4v) is 2.53. The molecule has 0 amide bonds.